The molecule has 2 rings (SSSR count). The van der Waals surface area contributed by atoms with Crippen LogP contribution >= 0.6 is 0 Å². The summed E-state index contributed by atoms with van der Waals surface area (Å²) in [4.78, 5) is 22.2. The van der Waals surface area contributed by atoms with Gasteiger partial charge < -0.3 is 5.73 Å². The van der Waals surface area contributed by atoms with E-state index in [4.69, 9.17) is 5.73 Å². The maximum absolute atomic E-state index is 12.0. The third-order valence-corrected chi connectivity index (χ3v) is 2.43. The van der Waals surface area contributed by atoms with Crippen LogP contribution in [-0.4, -0.2) is 25.6 Å². The standard InChI is InChI=1S/C10H9N5O3/c1-6-4-7(2-3-8(6)15(17)18)9(16)14-5-12-13-10(14)11/h2-5H,1H3,(H2,11,13). The summed E-state index contributed by atoms with van der Waals surface area (Å²) in [6, 6.07) is 4.08. The Labute approximate surface area is 101 Å². The molecule has 0 radical (unpaired) electrons. The van der Waals surface area contributed by atoms with Crippen molar-refractivity contribution in [2.75, 3.05) is 5.73 Å². The Kier molecular flexibility index (Phi) is 2.76. The molecule has 92 valence electrons. The summed E-state index contributed by atoms with van der Waals surface area (Å²) in [5, 5.41) is 17.6. The number of benzene rings is 1. The highest BCUT2D eigenvalue weighted by atomic mass is 16.6. The van der Waals surface area contributed by atoms with Crippen molar-refractivity contribution in [1.82, 2.24) is 14.8 Å². The van der Waals surface area contributed by atoms with Gasteiger partial charge in [-0.05, 0) is 19.1 Å². The smallest absolute Gasteiger partial charge is 0.272 e. The second-order valence-electron chi connectivity index (χ2n) is 3.62. The molecule has 0 amide bonds. The monoisotopic (exact) mass is 247 g/mol. The van der Waals surface area contributed by atoms with Gasteiger partial charge in [-0.2, -0.15) is 0 Å². The third-order valence-electron chi connectivity index (χ3n) is 2.43. The van der Waals surface area contributed by atoms with Crippen molar-refractivity contribution < 1.29 is 9.72 Å². The zero-order valence-electron chi connectivity index (χ0n) is 9.40. The largest absolute Gasteiger partial charge is 0.368 e. The zero-order valence-corrected chi connectivity index (χ0v) is 9.40. The quantitative estimate of drug-likeness (QED) is 0.618. The Balaban J connectivity index is 2.42. The van der Waals surface area contributed by atoms with Crippen molar-refractivity contribution in [3.05, 3.63) is 45.8 Å². The van der Waals surface area contributed by atoms with Crippen LogP contribution in [0.2, 0.25) is 0 Å². The van der Waals surface area contributed by atoms with Crippen LogP contribution in [0.25, 0.3) is 0 Å². The average Bonchev–Trinajstić information content (AvgIpc) is 2.74. The van der Waals surface area contributed by atoms with Crippen LogP contribution < -0.4 is 5.73 Å². The first-order chi connectivity index (χ1) is 8.50. The molecule has 0 atom stereocenters. The Hall–Kier alpha value is -2.77. The summed E-state index contributed by atoms with van der Waals surface area (Å²) in [7, 11) is 0. The SMILES string of the molecule is Cc1cc(C(=O)n2cnnc2N)ccc1[N+](=O)[O-]. The number of aryl methyl sites for hydroxylation is 1. The van der Waals surface area contributed by atoms with Crippen molar-refractivity contribution in [3.63, 3.8) is 0 Å². The van der Waals surface area contributed by atoms with Crippen LogP contribution in [0.5, 0.6) is 0 Å². The molecule has 0 aliphatic rings. The van der Waals surface area contributed by atoms with Gasteiger partial charge in [0, 0.05) is 17.2 Å². The number of nitro benzene ring substituents is 1. The maximum Gasteiger partial charge on any atom is 0.272 e. The molecular formula is C10H9N5O3. The molecule has 1 aromatic heterocycles. The van der Waals surface area contributed by atoms with E-state index in [0.29, 0.717) is 5.56 Å². The van der Waals surface area contributed by atoms with Gasteiger partial charge in [0.2, 0.25) is 5.95 Å². The van der Waals surface area contributed by atoms with E-state index in [9.17, 15) is 14.9 Å². The van der Waals surface area contributed by atoms with Crippen LogP contribution in [0.1, 0.15) is 15.9 Å². The average molecular weight is 247 g/mol. The predicted molar refractivity (Wildman–Crippen MR) is 62.0 cm³/mol. The summed E-state index contributed by atoms with van der Waals surface area (Å²) < 4.78 is 1.07. The van der Waals surface area contributed by atoms with Gasteiger partial charge in [-0.25, -0.2) is 4.57 Å². The van der Waals surface area contributed by atoms with Crippen LogP contribution in [-0.2, 0) is 0 Å². The van der Waals surface area contributed by atoms with E-state index in [0.717, 1.165) is 4.57 Å². The molecule has 0 saturated carbocycles. The molecule has 2 N–H and O–H groups in total. The fourth-order valence-electron chi connectivity index (χ4n) is 1.53. The summed E-state index contributed by atoms with van der Waals surface area (Å²) in [6.45, 7) is 1.56. The number of anilines is 1. The molecule has 0 aliphatic heterocycles. The van der Waals surface area contributed by atoms with Crippen LogP contribution in [0.15, 0.2) is 24.5 Å². The molecule has 18 heavy (non-hydrogen) atoms. The number of carbonyl (C=O) groups is 1. The number of hydrogen-bond acceptors (Lipinski definition) is 6. The van der Waals surface area contributed by atoms with Gasteiger partial charge in [0.25, 0.3) is 11.6 Å². The van der Waals surface area contributed by atoms with Gasteiger partial charge in [0.05, 0.1) is 4.92 Å². The van der Waals surface area contributed by atoms with Crippen molar-refractivity contribution in [3.8, 4) is 0 Å². The lowest BCUT2D eigenvalue weighted by Crippen LogP contribution is -2.14. The van der Waals surface area contributed by atoms with Crippen molar-refractivity contribution in [2.24, 2.45) is 0 Å². The van der Waals surface area contributed by atoms with Gasteiger partial charge in [0.15, 0.2) is 0 Å². The summed E-state index contributed by atoms with van der Waals surface area (Å²) in [5.41, 5.74) is 6.10. The molecule has 0 fully saturated rings. The highest BCUT2D eigenvalue weighted by Crippen LogP contribution is 2.19. The lowest BCUT2D eigenvalue weighted by molar-refractivity contribution is -0.385. The first-order valence-corrected chi connectivity index (χ1v) is 4.96. The van der Waals surface area contributed by atoms with E-state index in [1.807, 2.05) is 0 Å². The highest BCUT2D eigenvalue weighted by molar-refractivity contribution is 5.97. The Morgan fingerprint density at radius 2 is 2.22 bits per heavy atom. The minimum absolute atomic E-state index is 0.0315. The predicted octanol–water partition coefficient (Wildman–Crippen LogP) is 0.765. The molecule has 0 bridgehead atoms. The van der Waals surface area contributed by atoms with Gasteiger partial charge in [-0.1, -0.05) is 0 Å². The van der Waals surface area contributed by atoms with E-state index >= 15 is 0 Å². The second-order valence-corrected chi connectivity index (χ2v) is 3.62. The molecule has 1 aromatic carbocycles. The van der Waals surface area contributed by atoms with Gasteiger partial charge in [0.1, 0.15) is 6.33 Å². The van der Waals surface area contributed by atoms with Crippen LogP contribution in [0.4, 0.5) is 11.6 Å². The lowest BCUT2D eigenvalue weighted by Gasteiger charge is -2.03. The number of nitrogens with two attached hydrogens (primary N) is 1. The van der Waals surface area contributed by atoms with Crippen molar-refractivity contribution in [2.45, 2.75) is 6.92 Å². The molecule has 0 unspecified atom stereocenters. The van der Waals surface area contributed by atoms with Gasteiger partial charge >= 0.3 is 0 Å². The molecular weight excluding hydrogens is 238 g/mol. The van der Waals surface area contributed by atoms with E-state index in [1.165, 1.54) is 24.5 Å². The van der Waals surface area contributed by atoms with Gasteiger partial charge in [-0.3, -0.25) is 14.9 Å². The van der Waals surface area contributed by atoms with E-state index in [2.05, 4.69) is 10.2 Å². The van der Waals surface area contributed by atoms with Crippen molar-refractivity contribution >= 4 is 17.5 Å². The molecule has 8 nitrogen and oxygen atoms in total. The number of nitrogens with zero attached hydrogens (tertiary/aromatic N) is 4. The molecule has 8 heteroatoms. The number of nitro groups is 1. The maximum atomic E-state index is 12.0. The molecule has 0 spiro atoms. The number of nitrogen functional groups attached to an aromatic ring is 1. The summed E-state index contributed by atoms with van der Waals surface area (Å²) in [5.74, 6) is -0.466. The second kappa shape index (κ2) is 4.24. The van der Waals surface area contributed by atoms with E-state index in [-0.39, 0.29) is 17.2 Å². The Morgan fingerprint density at radius 1 is 1.50 bits per heavy atom. The normalized spacial score (nSPS) is 10.3. The molecule has 1 heterocycles. The minimum atomic E-state index is -0.503. The van der Waals surface area contributed by atoms with Gasteiger partial charge in [-0.15, -0.1) is 10.2 Å². The fraction of sp³-hybridized carbons (Fsp3) is 0.100. The summed E-state index contributed by atoms with van der Waals surface area (Å²) >= 11 is 0. The van der Waals surface area contributed by atoms with Crippen LogP contribution in [0, 0.1) is 17.0 Å². The topological polar surface area (TPSA) is 117 Å². The Morgan fingerprint density at radius 3 is 2.72 bits per heavy atom. The number of rotatable bonds is 2. The van der Waals surface area contributed by atoms with E-state index in [1.54, 1.807) is 6.92 Å². The molecule has 0 saturated heterocycles. The number of hydrogen-bond donors (Lipinski definition) is 1. The lowest BCUT2D eigenvalue weighted by atomic mass is 10.1. The third kappa shape index (κ3) is 1.90. The number of aromatic nitrogens is 3. The number of carbonyl (C=O) groups excluding carboxylic acids is 1. The Bertz CT molecular complexity index is 634. The fourth-order valence-corrected chi connectivity index (χ4v) is 1.53. The highest BCUT2D eigenvalue weighted by Gasteiger charge is 2.16. The van der Waals surface area contributed by atoms with Crippen molar-refractivity contribution in [1.29, 1.82) is 0 Å². The summed E-state index contributed by atoms with van der Waals surface area (Å²) in [6.07, 6.45) is 1.19. The minimum Gasteiger partial charge on any atom is -0.368 e. The molecule has 0 aliphatic carbocycles. The first kappa shape index (κ1) is 11.7. The van der Waals surface area contributed by atoms with Crippen LogP contribution in [0.3, 0.4) is 0 Å². The van der Waals surface area contributed by atoms with E-state index < -0.39 is 10.8 Å². The first-order valence-electron chi connectivity index (χ1n) is 4.96. The zero-order chi connectivity index (χ0) is 13.3. The molecule has 2 aromatic rings.